The number of rotatable bonds is 7. The second-order valence-corrected chi connectivity index (χ2v) is 5.31. The van der Waals surface area contributed by atoms with Crippen LogP contribution in [0, 0.1) is 13.8 Å². The van der Waals surface area contributed by atoms with E-state index in [1.807, 2.05) is 32.0 Å². The van der Waals surface area contributed by atoms with Crippen LogP contribution in [0.5, 0.6) is 0 Å². The van der Waals surface area contributed by atoms with E-state index in [0.29, 0.717) is 0 Å². The third-order valence-electron chi connectivity index (χ3n) is 3.78. The van der Waals surface area contributed by atoms with Crippen LogP contribution >= 0.6 is 0 Å². The van der Waals surface area contributed by atoms with Crippen LogP contribution in [0.3, 0.4) is 0 Å². The summed E-state index contributed by atoms with van der Waals surface area (Å²) in [7, 11) is 0. The summed E-state index contributed by atoms with van der Waals surface area (Å²) in [5, 5.41) is 3.12. The molecule has 3 nitrogen and oxygen atoms in total. The maximum Gasteiger partial charge on any atom is 0.241 e. The highest BCUT2D eigenvalue weighted by Gasteiger charge is 2.23. The number of benzene rings is 1. The lowest BCUT2D eigenvalue weighted by atomic mass is 10.1. The molecular formula is C17H28N2O. The van der Waals surface area contributed by atoms with Gasteiger partial charge in [-0.15, -0.1) is 0 Å². The third kappa shape index (κ3) is 4.07. The van der Waals surface area contributed by atoms with Gasteiger partial charge in [0.15, 0.2) is 0 Å². The number of carbonyl (C=O) groups excluding carboxylic acids is 1. The Bertz CT molecular complexity index is 422. The summed E-state index contributed by atoms with van der Waals surface area (Å²) in [4.78, 5) is 14.8. The first kappa shape index (κ1) is 16.7. The first-order valence-electron chi connectivity index (χ1n) is 7.66. The highest BCUT2D eigenvalue weighted by atomic mass is 16.2. The average molecular weight is 276 g/mol. The molecule has 1 aromatic rings. The summed E-state index contributed by atoms with van der Waals surface area (Å²) in [6, 6.07) is 6.05. The molecular weight excluding hydrogens is 248 g/mol. The molecule has 112 valence electrons. The standard InChI is InChI=1S/C17H28N2O/c1-6-12-19(8-3)15(7-2)17(20)18-16-13(4)10-9-11-14(16)5/h9-11,15H,6-8,12H2,1-5H3,(H,18,20)/t15-/m1/s1. The summed E-state index contributed by atoms with van der Waals surface area (Å²) in [6.45, 7) is 12.3. The third-order valence-corrected chi connectivity index (χ3v) is 3.78. The van der Waals surface area contributed by atoms with E-state index in [0.717, 1.165) is 42.7 Å². The first-order valence-corrected chi connectivity index (χ1v) is 7.66. The molecule has 0 saturated carbocycles. The van der Waals surface area contributed by atoms with Gasteiger partial charge in [0, 0.05) is 5.69 Å². The van der Waals surface area contributed by atoms with Crippen molar-refractivity contribution in [2.45, 2.75) is 53.5 Å². The van der Waals surface area contributed by atoms with Crippen molar-refractivity contribution < 1.29 is 4.79 Å². The Morgan fingerprint density at radius 1 is 1.20 bits per heavy atom. The van der Waals surface area contributed by atoms with Gasteiger partial charge in [-0.25, -0.2) is 0 Å². The van der Waals surface area contributed by atoms with Crippen LogP contribution in [0.25, 0.3) is 0 Å². The van der Waals surface area contributed by atoms with Crippen molar-refractivity contribution in [3.05, 3.63) is 29.3 Å². The molecule has 1 amide bonds. The van der Waals surface area contributed by atoms with Crippen molar-refractivity contribution in [1.82, 2.24) is 4.90 Å². The molecule has 0 aromatic heterocycles. The summed E-state index contributed by atoms with van der Waals surface area (Å²) in [6.07, 6.45) is 1.91. The zero-order valence-electron chi connectivity index (χ0n) is 13.5. The quantitative estimate of drug-likeness (QED) is 0.822. The number of hydrogen-bond acceptors (Lipinski definition) is 2. The molecule has 0 unspecified atom stereocenters. The predicted molar refractivity (Wildman–Crippen MR) is 86.2 cm³/mol. The van der Waals surface area contributed by atoms with Crippen molar-refractivity contribution in [1.29, 1.82) is 0 Å². The lowest BCUT2D eigenvalue weighted by Gasteiger charge is -2.29. The van der Waals surface area contributed by atoms with Crippen molar-refractivity contribution in [2.75, 3.05) is 18.4 Å². The number of carbonyl (C=O) groups is 1. The van der Waals surface area contributed by atoms with Gasteiger partial charge < -0.3 is 5.32 Å². The van der Waals surface area contributed by atoms with Crippen molar-refractivity contribution in [2.24, 2.45) is 0 Å². The largest absolute Gasteiger partial charge is 0.324 e. The van der Waals surface area contributed by atoms with Crippen molar-refractivity contribution in [3.63, 3.8) is 0 Å². The van der Waals surface area contributed by atoms with Crippen molar-refractivity contribution in [3.8, 4) is 0 Å². The van der Waals surface area contributed by atoms with Crippen LogP contribution in [0.15, 0.2) is 18.2 Å². The number of aryl methyl sites for hydroxylation is 2. The molecule has 1 aromatic carbocycles. The minimum absolute atomic E-state index is 0.0426. The Balaban J connectivity index is 2.87. The van der Waals surface area contributed by atoms with E-state index in [9.17, 15) is 4.79 Å². The van der Waals surface area contributed by atoms with Crippen molar-refractivity contribution >= 4 is 11.6 Å². The molecule has 0 aliphatic heterocycles. The molecule has 0 spiro atoms. The monoisotopic (exact) mass is 276 g/mol. The zero-order valence-corrected chi connectivity index (χ0v) is 13.5. The van der Waals surface area contributed by atoms with Gasteiger partial charge in [-0.1, -0.05) is 39.0 Å². The first-order chi connectivity index (χ1) is 9.54. The molecule has 1 atom stereocenters. The van der Waals surface area contributed by atoms with E-state index in [1.54, 1.807) is 0 Å². The van der Waals surface area contributed by atoms with E-state index in [1.165, 1.54) is 0 Å². The molecule has 0 saturated heterocycles. The smallest absolute Gasteiger partial charge is 0.241 e. The molecule has 0 bridgehead atoms. The Morgan fingerprint density at radius 3 is 2.25 bits per heavy atom. The van der Waals surface area contributed by atoms with E-state index < -0.39 is 0 Å². The van der Waals surface area contributed by atoms with Gasteiger partial charge in [0.05, 0.1) is 6.04 Å². The van der Waals surface area contributed by atoms with Crippen LogP contribution in [-0.4, -0.2) is 29.9 Å². The Morgan fingerprint density at radius 2 is 1.80 bits per heavy atom. The topological polar surface area (TPSA) is 32.3 Å². The minimum atomic E-state index is -0.0426. The van der Waals surface area contributed by atoms with E-state index in [-0.39, 0.29) is 11.9 Å². The van der Waals surface area contributed by atoms with Gasteiger partial charge in [-0.2, -0.15) is 0 Å². The summed E-state index contributed by atoms with van der Waals surface area (Å²) >= 11 is 0. The number of anilines is 1. The van der Waals surface area contributed by atoms with Gasteiger partial charge in [-0.3, -0.25) is 9.69 Å². The molecule has 3 heteroatoms. The molecule has 0 aliphatic carbocycles. The predicted octanol–water partition coefficient (Wildman–Crippen LogP) is 3.75. The normalized spacial score (nSPS) is 12.5. The molecule has 20 heavy (non-hydrogen) atoms. The van der Waals surface area contributed by atoms with Crippen LogP contribution in [-0.2, 0) is 4.79 Å². The lowest BCUT2D eigenvalue weighted by Crippen LogP contribution is -2.44. The summed E-state index contributed by atoms with van der Waals surface area (Å²) in [5.41, 5.74) is 3.20. The molecule has 0 aliphatic rings. The fourth-order valence-electron chi connectivity index (χ4n) is 2.65. The lowest BCUT2D eigenvalue weighted by molar-refractivity contribution is -0.121. The highest BCUT2D eigenvalue weighted by molar-refractivity contribution is 5.96. The molecule has 0 fully saturated rings. The second kappa shape index (κ2) is 8.05. The molecule has 1 rings (SSSR count). The highest BCUT2D eigenvalue weighted by Crippen LogP contribution is 2.20. The number of hydrogen-bond donors (Lipinski definition) is 1. The fourth-order valence-corrected chi connectivity index (χ4v) is 2.65. The van der Waals surface area contributed by atoms with E-state index >= 15 is 0 Å². The fraction of sp³-hybridized carbons (Fsp3) is 0.588. The Kier molecular flexibility index (Phi) is 6.73. The van der Waals surface area contributed by atoms with Crippen LogP contribution in [0.1, 0.15) is 44.7 Å². The van der Waals surface area contributed by atoms with Crippen LogP contribution in [0.4, 0.5) is 5.69 Å². The van der Waals surface area contributed by atoms with Crippen LogP contribution < -0.4 is 5.32 Å². The second-order valence-electron chi connectivity index (χ2n) is 5.31. The van der Waals surface area contributed by atoms with Gasteiger partial charge in [0.25, 0.3) is 0 Å². The molecule has 0 heterocycles. The van der Waals surface area contributed by atoms with Gasteiger partial charge in [-0.05, 0) is 50.9 Å². The van der Waals surface area contributed by atoms with Gasteiger partial charge in [0.1, 0.15) is 0 Å². The molecule has 0 radical (unpaired) electrons. The van der Waals surface area contributed by atoms with Gasteiger partial charge >= 0.3 is 0 Å². The Labute approximate surface area is 123 Å². The summed E-state index contributed by atoms with van der Waals surface area (Å²) < 4.78 is 0. The zero-order chi connectivity index (χ0) is 15.1. The number of amides is 1. The SMILES string of the molecule is CCCN(CC)[C@H](CC)C(=O)Nc1c(C)cccc1C. The number of likely N-dealkylation sites (N-methyl/N-ethyl adjacent to an activating group) is 1. The van der Waals surface area contributed by atoms with Crippen LogP contribution in [0.2, 0.25) is 0 Å². The number of para-hydroxylation sites is 1. The Hall–Kier alpha value is -1.35. The minimum Gasteiger partial charge on any atom is -0.324 e. The number of nitrogens with one attached hydrogen (secondary N) is 1. The maximum absolute atomic E-state index is 12.6. The summed E-state index contributed by atoms with van der Waals surface area (Å²) in [5.74, 6) is 0.111. The molecule has 1 N–H and O–H groups in total. The number of nitrogens with zero attached hydrogens (tertiary/aromatic N) is 1. The van der Waals surface area contributed by atoms with Gasteiger partial charge in [0.2, 0.25) is 5.91 Å². The maximum atomic E-state index is 12.6. The van der Waals surface area contributed by atoms with E-state index in [4.69, 9.17) is 0 Å². The average Bonchev–Trinajstić information content (AvgIpc) is 2.42. The van der Waals surface area contributed by atoms with E-state index in [2.05, 4.69) is 31.0 Å².